The molecule has 0 aromatic carbocycles. The minimum atomic E-state index is -0.880. The SMILES string of the molecule is CCC(C)(C#N)C1(O)CCCC(OC)C1. The summed E-state index contributed by atoms with van der Waals surface area (Å²) in [5.41, 5.74) is -1.53. The average molecular weight is 211 g/mol. The Morgan fingerprint density at radius 1 is 1.67 bits per heavy atom. The third-order valence-electron chi connectivity index (χ3n) is 4.00. The summed E-state index contributed by atoms with van der Waals surface area (Å²) < 4.78 is 5.30. The molecule has 0 aromatic heterocycles. The molecule has 0 heterocycles. The van der Waals surface area contributed by atoms with Crippen LogP contribution in [0.1, 0.15) is 46.0 Å². The Bertz CT molecular complexity index is 261. The van der Waals surface area contributed by atoms with E-state index in [-0.39, 0.29) is 6.10 Å². The molecule has 86 valence electrons. The zero-order valence-electron chi connectivity index (χ0n) is 9.92. The Kier molecular flexibility index (Phi) is 3.75. The zero-order chi connectivity index (χ0) is 11.5. The van der Waals surface area contributed by atoms with E-state index in [0.717, 1.165) is 12.8 Å². The third-order valence-corrected chi connectivity index (χ3v) is 4.00. The van der Waals surface area contributed by atoms with Crippen molar-refractivity contribution in [2.24, 2.45) is 5.41 Å². The van der Waals surface area contributed by atoms with Crippen molar-refractivity contribution in [2.45, 2.75) is 57.7 Å². The highest BCUT2D eigenvalue weighted by atomic mass is 16.5. The number of nitrogens with zero attached hydrogens (tertiary/aromatic N) is 1. The lowest BCUT2D eigenvalue weighted by atomic mass is 9.65. The van der Waals surface area contributed by atoms with E-state index in [1.165, 1.54) is 0 Å². The van der Waals surface area contributed by atoms with Crippen LogP contribution in [-0.4, -0.2) is 23.9 Å². The molecule has 1 aliphatic rings. The quantitative estimate of drug-likeness (QED) is 0.779. The molecule has 0 bridgehead atoms. The van der Waals surface area contributed by atoms with Crippen LogP contribution in [0.25, 0.3) is 0 Å². The number of ether oxygens (including phenoxy) is 1. The van der Waals surface area contributed by atoms with Crippen molar-refractivity contribution in [1.82, 2.24) is 0 Å². The van der Waals surface area contributed by atoms with Crippen molar-refractivity contribution in [3.8, 4) is 6.07 Å². The van der Waals surface area contributed by atoms with Gasteiger partial charge < -0.3 is 9.84 Å². The van der Waals surface area contributed by atoms with Crippen LogP contribution in [0, 0.1) is 16.7 Å². The predicted molar refractivity (Wildman–Crippen MR) is 58.2 cm³/mol. The molecule has 0 radical (unpaired) electrons. The van der Waals surface area contributed by atoms with Crippen LogP contribution in [0.5, 0.6) is 0 Å². The fourth-order valence-electron chi connectivity index (χ4n) is 2.42. The van der Waals surface area contributed by atoms with Gasteiger partial charge in [-0.25, -0.2) is 0 Å². The summed E-state index contributed by atoms with van der Waals surface area (Å²) in [6.07, 6.45) is 4.00. The monoisotopic (exact) mass is 211 g/mol. The molecule has 1 aliphatic carbocycles. The second-order valence-electron chi connectivity index (χ2n) is 4.78. The Morgan fingerprint density at radius 3 is 2.80 bits per heavy atom. The number of hydrogen-bond acceptors (Lipinski definition) is 3. The molecular weight excluding hydrogens is 190 g/mol. The molecule has 0 spiro atoms. The van der Waals surface area contributed by atoms with Crippen LogP contribution >= 0.6 is 0 Å². The van der Waals surface area contributed by atoms with Gasteiger partial charge >= 0.3 is 0 Å². The van der Waals surface area contributed by atoms with Crippen LogP contribution in [-0.2, 0) is 4.74 Å². The summed E-state index contributed by atoms with van der Waals surface area (Å²) in [7, 11) is 1.67. The summed E-state index contributed by atoms with van der Waals surface area (Å²) in [5.74, 6) is 0. The molecule has 0 amide bonds. The van der Waals surface area contributed by atoms with Gasteiger partial charge in [0, 0.05) is 13.5 Å². The molecule has 0 aliphatic heterocycles. The van der Waals surface area contributed by atoms with Crippen LogP contribution in [0.2, 0.25) is 0 Å². The van der Waals surface area contributed by atoms with Gasteiger partial charge in [0.2, 0.25) is 0 Å². The first kappa shape index (κ1) is 12.5. The minimum Gasteiger partial charge on any atom is -0.388 e. The summed E-state index contributed by atoms with van der Waals surface area (Å²) in [6.45, 7) is 3.81. The van der Waals surface area contributed by atoms with Crippen LogP contribution < -0.4 is 0 Å². The summed E-state index contributed by atoms with van der Waals surface area (Å²) in [5, 5.41) is 19.8. The molecule has 1 saturated carbocycles. The second-order valence-corrected chi connectivity index (χ2v) is 4.78. The maximum absolute atomic E-state index is 10.6. The van der Waals surface area contributed by atoms with E-state index in [0.29, 0.717) is 19.3 Å². The number of methoxy groups -OCH3 is 1. The third kappa shape index (κ3) is 2.16. The maximum Gasteiger partial charge on any atom is 0.0855 e. The van der Waals surface area contributed by atoms with Crippen molar-refractivity contribution in [3.63, 3.8) is 0 Å². The molecule has 3 atom stereocenters. The maximum atomic E-state index is 10.6. The normalized spacial score (nSPS) is 35.5. The molecule has 1 rings (SSSR count). The lowest BCUT2D eigenvalue weighted by Crippen LogP contribution is -2.50. The van der Waals surface area contributed by atoms with E-state index >= 15 is 0 Å². The molecule has 1 fully saturated rings. The van der Waals surface area contributed by atoms with Gasteiger partial charge in [-0.15, -0.1) is 0 Å². The molecule has 3 heteroatoms. The van der Waals surface area contributed by atoms with E-state index in [1.807, 2.05) is 13.8 Å². The van der Waals surface area contributed by atoms with Crippen LogP contribution in [0.4, 0.5) is 0 Å². The largest absolute Gasteiger partial charge is 0.388 e. The smallest absolute Gasteiger partial charge is 0.0855 e. The first-order valence-corrected chi connectivity index (χ1v) is 5.68. The van der Waals surface area contributed by atoms with E-state index in [4.69, 9.17) is 4.74 Å². The molecule has 15 heavy (non-hydrogen) atoms. The number of nitriles is 1. The van der Waals surface area contributed by atoms with Gasteiger partial charge in [-0.3, -0.25) is 0 Å². The number of rotatable bonds is 3. The summed E-state index contributed by atoms with van der Waals surface area (Å²) in [6, 6.07) is 2.28. The predicted octanol–water partition coefficient (Wildman–Crippen LogP) is 2.25. The fraction of sp³-hybridized carbons (Fsp3) is 0.917. The molecule has 0 aromatic rings. The lowest BCUT2D eigenvalue weighted by Gasteiger charge is -2.44. The summed E-state index contributed by atoms with van der Waals surface area (Å²) >= 11 is 0. The first-order chi connectivity index (χ1) is 7.01. The Morgan fingerprint density at radius 2 is 2.33 bits per heavy atom. The van der Waals surface area contributed by atoms with Crippen molar-refractivity contribution < 1.29 is 9.84 Å². The van der Waals surface area contributed by atoms with Gasteiger partial charge in [0.25, 0.3) is 0 Å². The number of hydrogen-bond donors (Lipinski definition) is 1. The van der Waals surface area contributed by atoms with Crippen molar-refractivity contribution in [1.29, 1.82) is 5.26 Å². The van der Waals surface area contributed by atoms with Gasteiger partial charge in [0.05, 0.1) is 23.2 Å². The summed E-state index contributed by atoms with van der Waals surface area (Å²) in [4.78, 5) is 0. The van der Waals surface area contributed by atoms with Gasteiger partial charge in [0.1, 0.15) is 0 Å². The zero-order valence-corrected chi connectivity index (χ0v) is 9.92. The van der Waals surface area contributed by atoms with Crippen molar-refractivity contribution >= 4 is 0 Å². The first-order valence-electron chi connectivity index (χ1n) is 5.68. The fourth-order valence-corrected chi connectivity index (χ4v) is 2.42. The van der Waals surface area contributed by atoms with Crippen molar-refractivity contribution in [3.05, 3.63) is 0 Å². The van der Waals surface area contributed by atoms with Crippen molar-refractivity contribution in [2.75, 3.05) is 7.11 Å². The Hall–Kier alpha value is -0.590. The standard InChI is InChI=1S/C12H21NO2/c1-4-11(2,9-13)12(14)7-5-6-10(8-12)15-3/h10,14H,4-8H2,1-3H3. The van der Waals surface area contributed by atoms with E-state index in [9.17, 15) is 10.4 Å². The Balaban J connectivity index is 2.86. The highest BCUT2D eigenvalue weighted by molar-refractivity contribution is 5.10. The van der Waals surface area contributed by atoms with Crippen LogP contribution in [0.3, 0.4) is 0 Å². The van der Waals surface area contributed by atoms with E-state index < -0.39 is 11.0 Å². The minimum absolute atomic E-state index is 0.1000. The molecule has 3 unspecified atom stereocenters. The van der Waals surface area contributed by atoms with Gasteiger partial charge in [-0.05, 0) is 32.6 Å². The molecule has 1 N–H and O–H groups in total. The van der Waals surface area contributed by atoms with Gasteiger partial charge in [-0.2, -0.15) is 5.26 Å². The second kappa shape index (κ2) is 4.51. The van der Waals surface area contributed by atoms with Gasteiger partial charge in [0.15, 0.2) is 0 Å². The highest BCUT2D eigenvalue weighted by Crippen LogP contribution is 2.44. The highest BCUT2D eigenvalue weighted by Gasteiger charge is 2.48. The van der Waals surface area contributed by atoms with Gasteiger partial charge in [-0.1, -0.05) is 6.92 Å². The van der Waals surface area contributed by atoms with E-state index in [1.54, 1.807) is 7.11 Å². The topological polar surface area (TPSA) is 53.2 Å². The Labute approximate surface area is 92.0 Å². The average Bonchev–Trinajstić information content (AvgIpc) is 2.27. The number of aliphatic hydroxyl groups is 1. The van der Waals surface area contributed by atoms with E-state index in [2.05, 4.69) is 6.07 Å². The van der Waals surface area contributed by atoms with Crippen LogP contribution in [0.15, 0.2) is 0 Å². The lowest BCUT2D eigenvalue weighted by molar-refractivity contribution is -0.115. The molecular formula is C12H21NO2. The molecule has 0 saturated heterocycles. The molecule has 3 nitrogen and oxygen atoms in total.